The minimum atomic E-state index is 0.0370. The van der Waals surface area contributed by atoms with E-state index in [0.29, 0.717) is 0 Å². The lowest BCUT2D eigenvalue weighted by atomic mass is 10.1. The first kappa shape index (κ1) is 13.0. The van der Waals surface area contributed by atoms with Gasteiger partial charge in [0, 0.05) is 17.6 Å². The van der Waals surface area contributed by atoms with E-state index in [2.05, 4.69) is 17.9 Å². The van der Waals surface area contributed by atoms with Crippen LogP contribution in [0, 0.1) is 17.2 Å². The average molecular weight is 237 g/mol. The Kier molecular flexibility index (Phi) is 4.79. The Morgan fingerprint density at radius 2 is 2.00 bits per heavy atom. The van der Waals surface area contributed by atoms with Crippen molar-refractivity contribution in [3.63, 3.8) is 0 Å². The minimum absolute atomic E-state index is 0.0370. The van der Waals surface area contributed by atoms with Crippen molar-refractivity contribution >= 4 is 11.6 Å². The highest BCUT2D eigenvalue weighted by Crippen LogP contribution is 2.26. The van der Waals surface area contributed by atoms with Crippen molar-refractivity contribution in [1.29, 1.82) is 5.26 Å². The van der Waals surface area contributed by atoms with Crippen molar-refractivity contribution in [1.82, 2.24) is 4.90 Å². The predicted octanol–water partition coefficient (Wildman–Crippen LogP) is 3.49. The third-order valence-electron chi connectivity index (χ3n) is 2.80. The van der Waals surface area contributed by atoms with Crippen LogP contribution in [0.1, 0.15) is 25.5 Å². The van der Waals surface area contributed by atoms with Gasteiger partial charge in [-0.05, 0) is 32.5 Å². The van der Waals surface area contributed by atoms with Crippen molar-refractivity contribution in [3.8, 4) is 6.07 Å². The molecule has 2 unspecified atom stereocenters. The molecule has 3 heteroatoms. The van der Waals surface area contributed by atoms with Gasteiger partial charge in [-0.1, -0.05) is 29.8 Å². The Morgan fingerprint density at radius 3 is 2.56 bits per heavy atom. The van der Waals surface area contributed by atoms with Gasteiger partial charge in [-0.2, -0.15) is 5.26 Å². The van der Waals surface area contributed by atoms with E-state index in [1.54, 1.807) is 0 Å². The van der Waals surface area contributed by atoms with Crippen molar-refractivity contribution in [2.75, 3.05) is 13.6 Å². The van der Waals surface area contributed by atoms with Gasteiger partial charge in [-0.25, -0.2) is 0 Å². The highest BCUT2D eigenvalue weighted by Gasteiger charge is 2.15. The van der Waals surface area contributed by atoms with Crippen LogP contribution in [0.5, 0.6) is 0 Å². The van der Waals surface area contributed by atoms with Crippen LogP contribution >= 0.6 is 11.6 Å². The number of hydrogen-bond donors (Lipinski definition) is 0. The molecule has 86 valence electrons. The first-order chi connectivity index (χ1) is 7.56. The largest absolute Gasteiger partial charge is 0.298 e. The summed E-state index contributed by atoms with van der Waals surface area (Å²) in [5, 5.41) is 9.57. The topological polar surface area (TPSA) is 27.0 Å². The zero-order chi connectivity index (χ0) is 12.1. The fourth-order valence-corrected chi connectivity index (χ4v) is 1.98. The molecule has 0 spiro atoms. The lowest BCUT2D eigenvalue weighted by Gasteiger charge is -2.26. The van der Waals surface area contributed by atoms with Gasteiger partial charge >= 0.3 is 0 Å². The summed E-state index contributed by atoms with van der Waals surface area (Å²) in [6.07, 6.45) is 0. The Hall–Kier alpha value is -1.04. The van der Waals surface area contributed by atoms with Crippen LogP contribution in [0.25, 0.3) is 0 Å². The molecule has 0 saturated heterocycles. The molecule has 1 aromatic carbocycles. The SMILES string of the molecule is CC(C#N)CN(C)C(C)c1ccccc1Cl. The van der Waals surface area contributed by atoms with E-state index in [1.165, 1.54) is 0 Å². The summed E-state index contributed by atoms with van der Waals surface area (Å²) in [5.41, 5.74) is 1.11. The van der Waals surface area contributed by atoms with Crippen LogP contribution in [0.3, 0.4) is 0 Å². The number of hydrogen-bond acceptors (Lipinski definition) is 2. The van der Waals surface area contributed by atoms with E-state index in [4.69, 9.17) is 16.9 Å². The third kappa shape index (κ3) is 3.23. The van der Waals surface area contributed by atoms with Crippen LogP contribution < -0.4 is 0 Å². The molecule has 1 aromatic rings. The van der Waals surface area contributed by atoms with Crippen LogP contribution in [-0.2, 0) is 0 Å². The van der Waals surface area contributed by atoms with Gasteiger partial charge in [-0.3, -0.25) is 4.90 Å². The van der Waals surface area contributed by atoms with Crippen molar-refractivity contribution < 1.29 is 0 Å². The molecule has 16 heavy (non-hydrogen) atoms. The van der Waals surface area contributed by atoms with E-state index in [0.717, 1.165) is 17.1 Å². The first-order valence-corrected chi connectivity index (χ1v) is 5.78. The smallest absolute Gasteiger partial charge is 0.0666 e. The van der Waals surface area contributed by atoms with Gasteiger partial charge in [0.1, 0.15) is 0 Å². The molecule has 0 bridgehead atoms. The highest BCUT2D eigenvalue weighted by atomic mass is 35.5. The van der Waals surface area contributed by atoms with E-state index < -0.39 is 0 Å². The first-order valence-electron chi connectivity index (χ1n) is 5.40. The molecular formula is C13H17ClN2. The molecule has 1 rings (SSSR count). The molecule has 0 fully saturated rings. The third-order valence-corrected chi connectivity index (χ3v) is 3.14. The second-order valence-corrected chi connectivity index (χ2v) is 4.57. The van der Waals surface area contributed by atoms with Crippen LogP contribution in [0.4, 0.5) is 0 Å². The lowest BCUT2D eigenvalue weighted by molar-refractivity contribution is 0.244. The monoisotopic (exact) mass is 236 g/mol. The highest BCUT2D eigenvalue weighted by molar-refractivity contribution is 6.31. The predicted molar refractivity (Wildman–Crippen MR) is 67.3 cm³/mol. The van der Waals surface area contributed by atoms with Gasteiger partial charge in [0.2, 0.25) is 0 Å². The maximum absolute atomic E-state index is 8.79. The molecule has 0 radical (unpaired) electrons. The van der Waals surface area contributed by atoms with Gasteiger partial charge in [-0.15, -0.1) is 0 Å². The maximum atomic E-state index is 8.79. The molecule has 0 heterocycles. The summed E-state index contributed by atoms with van der Waals surface area (Å²) >= 11 is 6.14. The van der Waals surface area contributed by atoms with Crippen LogP contribution in [0.2, 0.25) is 5.02 Å². The van der Waals surface area contributed by atoms with Crippen LogP contribution in [0.15, 0.2) is 24.3 Å². The molecule has 0 aliphatic heterocycles. The van der Waals surface area contributed by atoms with E-state index in [9.17, 15) is 0 Å². The van der Waals surface area contributed by atoms with Gasteiger partial charge in [0.05, 0.1) is 12.0 Å². The van der Waals surface area contributed by atoms with E-state index in [-0.39, 0.29) is 12.0 Å². The van der Waals surface area contributed by atoms with Gasteiger partial charge in [0.25, 0.3) is 0 Å². The van der Waals surface area contributed by atoms with Crippen LogP contribution in [-0.4, -0.2) is 18.5 Å². The standard InChI is InChI=1S/C13H17ClN2/c1-10(8-15)9-16(3)11(2)12-6-4-5-7-13(12)14/h4-7,10-11H,9H2,1-3H3. The number of nitriles is 1. The Bertz CT molecular complexity index is 384. The zero-order valence-electron chi connectivity index (χ0n) is 9.94. The molecule has 0 N–H and O–H groups in total. The maximum Gasteiger partial charge on any atom is 0.0666 e. The van der Waals surface area contributed by atoms with E-state index >= 15 is 0 Å². The molecule has 0 aliphatic rings. The average Bonchev–Trinajstić information content (AvgIpc) is 2.28. The summed E-state index contributed by atoms with van der Waals surface area (Å²) in [6.45, 7) is 4.78. The lowest BCUT2D eigenvalue weighted by Crippen LogP contribution is -2.27. The molecular weight excluding hydrogens is 220 g/mol. The normalized spacial score (nSPS) is 14.5. The van der Waals surface area contributed by atoms with Crippen molar-refractivity contribution in [3.05, 3.63) is 34.9 Å². The molecule has 0 amide bonds. The number of halogens is 1. The number of rotatable bonds is 4. The Labute approximate surface area is 102 Å². The molecule has 2 nitrogen and oxygen atoms in total. The summed E-state index contributed by atoms with van der Waals surface area (Å²) in [5.74, 6) is 0.0370. The Morgan fingerprint density at radius 1 is 1.38 bits per heavy atom. The summed E-state index contributed by atoms with van der Waals surface area (Å²) in [7, 11) is 2.02. The fourth-order valence-electron chi connectivity index (χ4n) is 1.68. The van der Waals surface area contributed by atoms with Crippen molar-refractivity contribution in [2.45, 2.75) is 19.9 Å². The van der Waals surface area contributed by atoms with E-state index in [1.807, 2.05) is 38.2 Å². The zero-order valence-corrected chi connectivity index (χ0v) is 10.7. The minimum Gasteiger partial charge on any atom is -0.298 e. The van der Waals surface area contributed by atoms with Crippen molar-refractivity contribution in [2.24, 2.45) is 5.92 Å². The number of benzene rings is 1. The summed E-state index contributed by atoms with van der Waals surface area (Å²) < 4.78 is 0. The summed E-state index contributed by atoms with van der Waals surface area (Å²) in [6, 6.07) is 10.3. The molecule has 2 atom stereocenters. The van der Waals surface area contributed by atoms with Gasteiger partial charge < -0.3 is 0 Å². The summed E-state index contributed by atoms with van der Waals surface area (Å²) in [4.78, 5) is 2.15. The van der Waals surface area contributed by atoms with Gasteiger partial charge in [0.15, 0.2) is 0 Å². The molecule has 0 aromatic heterocycles. The second kappa shape index (κ2) is 5.89. The molecule has 0 aliphatic carbocycles. The fraction of sp³-hybridized carbons (Fsp3) is 0.462. The molecule has 0 saturated carbocycles. The number of nitrogens with zero attached hydrogens (tertiary/aromatic N) is 2. The second-order valence-electron chi connectivity index (χ2n) is 4.17. The quantitative estimate of drug-likeness (QED) is 0.800. The Balaban J connectivity index is 2.75.